The van der Waals surface area contributed by atoms with E-state index in [1.165, 1.54) is 13.2 Å². The molecule has 0 amide bonds. The number of carbonyl (C=O) groups excluding carboxylic acids is 1. The van der Waals surface area contributed by atoms with Gasteiger partial charge in [-0.15, -0.1) is 0 Å². The van der Waals surface area contributed by atoms with E-state index in [-0.39, 0.29) is 6.16 Å². The lowest BCUT2D eigenvalue weighted by atomic mass is 10.3. The Balaban J connectivity index is 4.57. The molecule has 0 rings (SSSR count). The Labute approximate surface area is 96.3 Å². The van der Waals surface area contributed by atoms with E-state index in [4.69, 9.17) is 9.05 Å². The lowest BCUT2D eigenvalue weighted by molar-refractivity contribution is -0.134. The van der Waals surface area contributed by atoms with E-state index in [0.29, 0.717) is 18.8 Å². The topological polar surface area (TPSA) is 61.8 Å². The van der Waals surface area contributed by atoms with Gasteiger partial charge < -0.3 is 13.8 Å². The second-order valence-electron chi connectivity index (χ2n) is 3.12. The highest BCUT2D eigenvalue weighted by Crippen LogP contribution is 2.49. The van der Waals surface area contributed by atoms with E-state index >= 15 is 0 Å². The van der Waals surface area contributed by atoms with Gasteiger partial charge in [0, 0.05) is 6.08 Å². The molecule has 94 valence electrons. The summed E-state index contributed by atoms with van der Waals surface area (Å²) in [4.78, 5) is 11.0. The first kappa shape index (κ1) is 15.4. The zero-order chi connectivity index (χ0) is 12.6. The van der Waals surface area contributed by atoms with Crippen molar-refractivity contribution in [2.24, 2.45) is 0 Å². The van der Waals surface area contributed by atoms with Gasteiger partial charge in [0.05, 0.1) is 26.5 Å². The largest absolute Gasteiger partial charge is 0.466 e. The van der Waals surface area contributed by atoms with Crippen molar-refractivity contribution < 1.29 is 23.1 Å². The van der Waals surface area contributed by atoms with Crippen molar-refractivity contribution >= 4 is 13.6 Å². The van der Waals surface area contributed by atoms with Crippen LogP contribution >= 0.6 is 7.60 Å². The van der Waals surface area contributed by atoms with Crippen LogP contribution in [0, 0.1) is 0 Å². The molecule has 0 fully saturated rings. The van der Waals surface area contributed by atoms with Crippen molar-refractivity contribution in [3.05, 3.63) is 11.6 Å². The fourth-order valence-electron chi connectivity index (χ4n) is 1.13. The Morgan fingerprint density at radius 3 is 2.12 bits per heavy atom. The van der Waals surface area contributed by atoms with Crippen molar-refractivity contribution in [2.45, 2.75) is 20.8 Å². The molecular weight excluding hydrogens is 231 g/mol. The van der Waals surface area contributed by atoms with Crippen LogP contribution in [0.5, 0.6) is 0 Å². The van der Waals surface area contributed by atoms with E-state index in [9.17, 15) is 9.36 Å². The number of hydrogen-bond donors (Lipinski definition) is 0. The van der Waals surface area contributed by atoms with Gasteiger partial charge in [-0.1, -0.05) is 5.57 Å². The summed E-state index contributed by atoms with van der Waals surface area (Å²) in [6.45, 7) is 5.78. The maximum Gasteiger partial charge on any atom is 0.334 e. The van der Waals surface area contributed by atoms with Gasteiger partial charge in [-0.05, 0) is 20.8 Å². The van der Waals surface area contributed by atoms with E-state index in [0.717, 1.165) is 0 Å². The maximum atomic E-state index is 12.1. The second-order valence-corrected chi connectivity index (χ2v) is 5.17. The first-order valence-corrected chi connectivity index (χ1v) is 6.83. The summed E-state index contributed by atoms with van der Waals surface area (Å²) in [5.41, 5.74) is 0.608. The molecule has 6 heteroatoms. The summed E-state index contributed by atoms with van der Waals surface area (Å²) in [5.74, 6) is -0.475. The zero-order valence-electron chi connectivity index (χ0n) is 10.2. The molecule has 16 heavy (non-hydrogen) atoms. The van der Waals surface area contributed by atoms with E-state index in [2.05, 4.69) is 4.74 Å². The Morgan fingerprint density at radius 2 is 1.75 bits per heavy atom. The summed E-state index contributed by atoms with van der Waals surface area (Å²) < 4.78 is 26.7. The van der Waals surface area contributed by atoms with Crippen molar-refractivity contribution in [1.29, 1.82) is 0 Å². The van der Waals surface area contributed by atoms with Gasteiger partial charge >= 0.3 is 13.6 Å². The summed E-state index contributed by atoms with van der Waals surface area (Å²) in [6.07, 6.45) is 1.38. The molecule has 0 N–H and O–H groups in total. The molecule has 0 unspecified atom stereocenters. The van der Waals surface area contributed by atoms with Gasteiger partial charge in [-0.25, -0.2) is 4.79 Å². The SMILES string of the molecule is CCOP(=O)(C/C(C)=C/C(=O)OC)OCC. The first-order valence-electron chi connectivity index (χ1n) is 5.10. The zero-order valence-corrected chi connectivity index (χ0v) is 11.1. The molecule has 0 saturated heterocycles. The number of hydrogen-bond acceptors (Lipinski definition) is 5. The predicted molar refractivity (Wildman–Crippen MR) is 61.5 cm³/mol. The van der Waals surface area contributed by atoms with Crippen LogP contribution in [0.15, 0.2) is 11.6 Å². The number of methoxy groups -OCH3 is 1. The summed E-state index contributed by atoms with van der Waals surface area (Å²) in [5, 5.41) is 0. The number of carbonyl (C=O) groups is 1. The molecule has 0 aromatic rings. The Hall–Kier alpha value is -0.640. The van der Waals surface area contributed by atoms with Gasteiger partial charge in [-0.3, -0.25) is 4.57 Å². The molecular formula is C10H19O5P. The van der Waals surface area contributed by atoms with Crippen molar-refractivity contribution in [3.8, 4) is 0 Å². The third-order valence-electron chi connectivity index (χ3n) is 1.66. The lowest BCUT2D eigenvalue weighted by Crippen LogP contribution is -2.03. The molecule has 5 nitrogen and oxygen atoms in total. The van der Waals surface area contributed by atoms with Crippen LogP contribution in [0.4, 0.5) is 0 Å². The third-order valence-corrected chi connectivity index (χ3v) is 3.85. The molecule has 0 aromatic heterocycles. The second kappa shape index (κ2) is 7.60. The molecule has 0 bridgehead atoms. The van der Waals surface area contributed by atoms with Crippen molar-refractivity contribution in [3.63, 3.8) is 0 Å². The first-order chi connectivity index (χ1) is 7.47. The number of ether oxygens (including phenoxy) is 1. The number of allylic oxidation sites excluding steroid dienone is 1. The van der Waals surface area contributed by atoms with E-state index < -0.39 is 13.6 Å². The highest BCUT2D eigenvalue weighted by molar-refractivity contribution is 7.54. The fourth-order valence-corrected chi connectivity index (χ4v) is 2.88. The smallest absolute Gasteiger partial charge is 0.334 e. The standard InChI is InChI=1S/C10H19O5P/c1-5-14-16(12,15-6-2)8-9(3)7-10(11)13-4/h7H,5-6,8H2,1-4H3/b9-7+. The third kappa shape index (κ3) is 6.05. The van der Waals surface area contributed by atoms with Crippen LogP contribution in [-0.4, -0.2) is 32.5 Å². The maximum absolute atomic E-state index is 12.1. The summed E-state index contributed by atoms with van der Waals surface area (Å²) in [7, 11) is -1.83. The molecule has 0 saturated carbocycles. The van der Waals surface area contributed by atoms with Crippen molar-refractivity contribution in [1.82, 2.24) is 0 Å². The van der Waals surface area contributed by atoms with Gasteiger partial charge in [0.1, 0.15) is 0 Å². The van der Waals surface area contributed by atoms with E-state index in [1.54, 1.807) is 20.8 Å². The Kier molecular flexibility index (Phi) is 7.30. The fraction of sp³-hybridized carbons (Fsp3) is 0.700. The molecule has 0 spiro atoms. The average molecular weight is 250 g/mol. The molecule has 0 aliphatic carbocycles. The normalized spacial score (nSPS) is 12.6. The minimum Gasteiger partial charge on any atom is -0.466 e. The van der Waals surface area contributed by atoms with Crippen LogP contribution < -0.4 is 0 Å². The number of esters is 1. The quantitative estimate of drug-likeness (QED) is 0.394. The highest BCUT2D eigenvalue weighted by Gasteiger charge is 2.24. The summed E-state index contributed by atoms with van der Waals surface area (Å²) in [6, 6.07) is 0. The van der Waals surface area contributed by atoms with Crippen LogP contribution in [-0.2, 0) is 23.1 Å². The van der Waals surface area contributed by atoms with Crippen LogP contribution in [0.2, 0.25) is 0 Å². The number of rotatable bonds is 7. The van der Waals surface area contributed by atoms with Gasteiger partial charge in [-0.2, -0.15) is 0 Å². The average Bonchev–Trinajstić information content (AvgIpc) is 2.17. The minimum absolute atomic E-state index is 0.101. The lowest BCUT2D eigenvalue weighted by Gasteiger charge is -2.16. The summed E-state index contributed by atoms with van der Waals surface area (Å²) >= 11 is 0. The van der Waals surface area contributed by atoms with Crippen LogP contribution in [0.3, 0.4) is 0 Å². The van der Waals surface area contributed by atoms with Crippen LogP contribution in [0.25, 0.3) is 0 Å². The van der Waals surface area contributed by atoms with Crippen LogP contribution in [0.1, 0.15) is 20.8 Å². The van der Waals surface area contributed by atoms with Gasteiger partial charge in [0.25, 0.3) is 0 Å². The molecule has 0 aromatic carbocycles. The molecule has 0 radical (unpaired) electrons. The highest BCUT2D eigenvalue weighted by atomic mass is 31.2. The minimum atomic E-state index is -3.12. The van der Waals surface area contributed by atoms with Crippen molar-refractivity contribution in [2.75, 3.05) is 26.5 Å². The molecule has 0 aliphatic rings. The van der Waals surface area contributed by atoms with E-state index in [1.807, 2.05) is 0 Å². The monoisotopic (exact) mass is 250 g/mol. The van der Waals surface area contributed by atoms with Gasteiger partial charge in [0.2, 0.25) is 0 Å². The molecule has 0 heterocycles. The Bertz CT molecular complexity index is 288. The Morgan fingerprint density at radius 1 is 1.25 bits per heavy atom. The molecule has 0 atom stereocenters. The van der Waals surface area contributed by atoms with Gasteiger partial charge in [0.15, 0.2) is 0 Å². The molecule has 0 aliphatic heterocycles. The predicted octanol–water partition coefficient (Wildman–Crippen LogP) is 2.37.